The van der Waals surface area contributed by atoms with Crippen molar-refractivity contribution in [3.63, 3.8) is 0 Å². The van der Waals surface area contributed by atoms with Crippen molar-refractivity contribution in [3.8, 4) is 0 Å². The van der Waals surface area contributed by atoms with E-state index in [0.717, 1.165) is 10.9 Å². The highest BCUT2D eigenvalue weighted by Gasteiger charge is 2.48. The van der Waals surface area contributed by atoms with Gasteiger partial charge in [0, 0.05) is 19.0 Å². The molecule has 2 aromatic rings. The zero-order chi connectivity index (χ0) is 16.8. The molecule has 0 aliphatic heterocycles. The number of aromatic carboxylic acids is 1. The SMILES string of the molecule is Cc1noc(CC2(NS(=O)(=O)c3cnn(C)c3C(=O)O)CC2)n1. The molecule has 0 atom stereocenters. The van der Waals surface area contributed by atoms with Gasteiger partial charge in [0.15, 0.2) is 11.5 Å². The van der Waals surface area contributed by atoms with Crippen molar-refractivity contribution in [3.05, 3.63) is 23.6 Å². The fourth-order valence-electron chi connectivity index (χ4n) is 2.36. The lowest BCUT2D eigenvalue weighted by Crippen LogP contribution is -2.39. The first-order chi connectivity index (χ1) is 10.7. The molecule has 0 spiro atoms. The number of aryl methyl sites for hydroxylation is 2. The number of rotatable bonds is 6. The Hall–Kier alpha value is -2.27. The van der Waals surface area contributed by atoms with Gasteiger partial charge >= 0.3 is 5.97 Å². The van der Waals surface area contributed by atoms with Gasteiger partial charge in [0.2, 0.25) is 15.9 Å². The highest BCUT2D eigenvalue weighted by molar-refractivity contribution is 7.89. The molecule has 11 heteroatoms. The quantitative estimate of drug-likeness (QED) is 0.740. The summed E-state index contributed by atoms with van der Waals surface area (Å²) in [4.78, 5) is 14.9. The Labute approximate surface area is 131 Å². The van der Waals surface area contributed by atoms with Crippen LogP contribution in [-0.4, -0.2) is 45.0 Å². The third kappa shape index (κ3) is 2.97. The number of carbonyl (C=O) groups is 1. The summed E-state index contributed by atoms with van der Waals surface area (Å²) >= 11 is 0. The molecule has 0 saturated heterocycles. The van der Waals surface area contributed by atoms with Gasteiger partial charge in [-0.15, -0.1) is 0 Å². The van der Waals surface area contributed by atoms with E-state index in [-0.39, 0.29) is 17.0 Å². The standard InChI is InChI=1S/C12H15N5O5S/c1-7-14-9(22-15-7)5-12(3-4-12)16-23(20,21)8-6-13-17(2)10(8)11(18)19/h6,16H,3-5H2,1-2H3,(H,18,19). The lowest BCUT2D eigenvalue weighted by molar-refractivity contribution is 0.0680. The second-order valence-corrected chi connectivity index (χ2v) is 7.23. The van der Waals surface area contributed by atoms with Crippen molar-refractivity contribution in [2.75, 3.05) is 0 Å². The topological polar surface area (TPSA) is 140 Å². The summed E-state index contributed by atoms with van der Waals surface area (Å²) in [7, 11) is -2.66. The van der Waals surface area contributed by atoms with E-state index in [4.69, 9.17) is 9.63 Å². The molecule has 0 amide bonds. The van der Waals surface area contributed by atoms with Crippen LogP contribution in [0.3, 0.4) is 0 Å². The van der Waals surface area contributed by atoms with Crippen LogP contribution in [0.25, 0.3) is 0 Å². The zero-order valence-electron chi connectivity index (χ0n) is 12.5. The van der Waals surface area contributed by atoms with Gasteiger partial charge in [-0.3, -0.25) is 4.68 Å². The fourth-order valence-corrected chi connectivity index (χ4v) is 3.98. The molecule has 0 radical (unpaired) electrons. The van der Waals surface area contributed by atoms with Crippen LogP contribution in [0.4, 0.5) is 0 Å². The number of aromatic nitrogens is 4. The molecule has 0 unspecified atom stereocenters. The van der Waals surface area contributed by atoms with E-state index in [2.05, 4.69) is 20.0 Å². The van der Waals surface area contributed by atoms with Crippen molar-refractivity contribution in [2.24, 2.45) is 7.05 Å². The minimum Gasteiger partial charge on any atom is -0.476 e. The van der Waals surface area contributed by atoms with E-state index in [1.54, 1.807) is 6.92 Å². The Bertz CT molecular complexity index is 864. The molecule has 1 aliphatic carbocycles. The monoisotopic (exact) mass is 341 g/mol. The minimum absolute atomic E-state index is 0.260. The average molecular weight is 341 g/mol. The number of nitrogens with one attached hydrogen (secondary N) is 1. The molecule has 0 bridgehead atoms. The minimum atomic E-state index is -4.03. The number of carboxylic acid groups (broad SMARTS) is 1. The van der Waals surface area contributed by atoms with Gasteiger partial charge in [0.1, 0.15) is 4.90 Å². The maximum absolute atomic E-state index is 12.5. The Balaban J connectivity index is 1.85. The molecule has 124 valence electrons. The summed E-state index contributed by atoms with van der Waals surface area (Å²) in [6.07, 6.45) is 2.50. The fraction of sp³-hybridized carbons (Fsp3) is 0.500. The summed E-state index contributed by atoms with van der Waals surface area (Å²) in [5, 5.41) is 16.6. The molecule has 10 nitrogen and oxygen atoms in total. The average Bonchev–Trinajstić information content (AvgIpc) is 2.85. The zero-order valence-corrected chi connectivity index (χ0v) is 13.3. The highest BCUT2D eigenvalue weighted by Crippen LogP contribution is 2.40. The molecule has 1 saturated carbocycles. The smallest absolute Gasteiger partial charge is 0.355 e. The van der Waals surface area contributed by atoms with Crippen molar-refractivity contribution < 1.29 is 22.8 Å². The number of nitrogens with zero attached hydrogens (tertiary/aromatic N) is 4. The molecule has 0 aromatic carbocycles. The summed E-state index contributed by atoms with van der Waals surface area (Å²) in [5.41, 5.74) is -1.11. The second kappa shape index (κ2) is 5.13. The predicted octanol–water partition coefficient (Wildman–Crippen LogP) is -0.137. The molecule has 2 heterocycles. The van der Waals surface area contributed by atoms with Crippen LogP contribution in [0.2, 0.25) is 0 Å². The predicted molar refractivity (Wildman–Crippen MR) is 75.2 cm³/mol. The van der Waals surface area contributed by atoms with Gasteiger partial charge in [-0.25, -0.2) is 17.9 Å². The first-order valence-corrected chi connectivity index (χ1v) is 8.29. The first kappa shape index (κ1) is 15.6. The normalized spacial score (nSPS) is 16.4. The largest absolute Gasteiger partial charge is 0.476 e. The molecular formula is C12H15N5O5S. The van der Waals surface area contributed by atoms with Crippen LogP contribution in [0.15, 0.2) is 15.6 Å². The summed E-state index contributed by atoms with van der Waals surface area (Å²) in [6, 6.07) is 0. The van der Waals surface area contributed by atoms with E-state index in [1.165, 1.54) is 7.05 Å². The van der Waals surface area contributed by atoms with Gasteiger partial charge in [-0.05, 0) is 19.8 Å². The van der Waals surface area contributed by atoms with E-state index in [0.29, 0.717) is 24.6 Å². The second-order valence-electron chi connectivity index (χ2n) is 5.58. The maximum Gasteiger partial charge on any atom is 0.355 e. The van der Waals surface area contributed by atoms with E-state index in [1.807, 2.05) is 0 Å². The molecule has 2 N–H and O–H groups in total. The number of hydrogen-bond donors (Lipinski definition) is 2. The maximum atomic E-state index is 12.5. The van der Waals surface area contributed by atoms with Crippen LogP contribution < -0.4 is 4.72 Å². The third-order valence-electron chi connectivity index (χ3n) is 3.66. The van der Waals surface area contributed by atoms with Gasteiger partial charge in [-0.2, -0.15) is 10.1 Å². The van der Waals surface area contributed by atoms with E-state index < -0.39 is 21.5 Å². The van der Waals surface area contributed by atoms with Crippen LogP contribution in [-0.2, 0) is 23.5 Å². The van der Waals surface area contributed by atoms with Crippen LogP contribution >= 0.6 is 0 Å². The van der Waals surface area contributed by atoms with E-state index >= 15 is 0 Å². The van der Waals surface area contributed by atoms with Crippen molar-refractivity contribution in [1.82, 2.24) is 24.6 Å². The van der Waals surface area contributed by atoms with E-state index in [9.17, 15) is 13.2 Å². The van der Waals surface area contributed by atoms with Gasteiger partial charge in [0.25, 0.3) is 0 Å². The Morgan fingerprint density at radius 3 is 2.74 bits per heavy atom. The van der Waals surface area contributed by atoms with Crippen LogP contribution in [0, 0.1) is 6.92 Å². The van der Waals surface area contributed by atoms with Gasteiger partial charge < -0.3 is 9.63 Å². The Morgan fingerprint density at radius 2 is 2.22 bits per heavy atom. The number of hydrogen-bond acceptors (Lipinski definition) is 7. The summed E-state index contributed by atoms with van der Waals surface area (Å²) in [5.74, 6) is -0.547. The Morgan fingerprint density at radius 1 is 1.52 bits per heavy atom. The van der Waals surface area contributed by atoms with Crippen molar-refractivity contribution >= 4 is 16.0 Å². The number of carboxylic acids is 1. The lowest BCUT2D eigenvalue weighted by atomic mass is 10.2. The van der Waals surface area contributed by atoms with Gasteiger partial charge in [-0.1, -0.05) is 5.16 Å². The molecule has 1 aliphatic rings. The number of sulfonamides is 1. The highest BCUT2D eigenvalue weighted by atomic mass is 32.2. The van der Waals surface area contributed by atoms with Crippen LogP contribution in [0.1, 0.15) is 35.0 Å². The van der Waals surface area contributed by atoms with Crippen LogP contribution in [0.5, 0.6) is 0 Å². The molecule has 1 fully saturated rings. The molecular weight excluding hydrogens is 326 g/mol. The first-order valence-electron chi connectivity index (χ1n) is 6.81. The van der Waals surface area contributed by atoms with Gasteiger partial charge in [0.05, 0.1) is 6.20 Å². The lowest BCUT2D eigenvalue weighted by Gasteiger charge is -2.15. The molecule has 2 aromatic heterocycles. The van der Waals surface area contributed by atoms with Crippen molar-refractivity contribution in [1.29, 1.82) is 0 Å². The third-order valence-corrected chi connectivity index (χ3v) is 5.24. The summed E-state index contributed by atoms with van der Waals surface area (Å²) in [6.45, 7) is 1.67. The molecule has 3 rings (SSSR count). The summed E-state index contributed by atoms with van der Waals surface area (Å²) < 4.78 is 33.6. The molecule has 23 heavy (non-hydrogen) atoms. The van der Waals surface area contributed by atoms with Crippen molar-refractivity contribution in [2.45, 2.75) is 36.6 Å². The Kier molecular flexibility index (Phi) is 3.48.